The van der Waals surface area contributed by atoms with E-state index >= 15 is 0 Å². The van der Waals surface area contributed by atoms with Gasteiger partial charge in [0, 0.05) is 17.6 Å². The van der Waals surface area contributed by atoms with E-state index in [-0.39, 0.29) is 18.2 Å². The molecule has 3 rings (SSSR count). The van der Waals surface area contributed by atoms with Gasteiger partial charge in [0.15, 0.2) is 5.13 Å². The molecular formula is C16H21ClFN3S. The van der Waals surface area contributed by atoms with E-state index in [0.717, 1.165) is 44.5 Å². The molecule has 6 heteroatoms. The number of benzene rings is 1. The van der Waals surface area contributed by atoms with E-state index in [1.165, 1.54) is 4.88 Å². The van der Waals surface area contributed by atoms with Crippen LogP contribution in [0, 0.1) is 11.7 Å². The van der Waals surface area contributed by atoms with Gasteiger partial charge in [0.25, 0.3) is 0 Å². The van der Waals surface area contributed by atoms with Crippen LogP contribution < -0.4 is 5.73 Å². The lowest BCUT2D eigenvalue weighted by atomic mass is 9.90. The maximum Gasteiger partial charge on any atom is 0.180 e. The molecule has 1 aromatic carbocycles. The zero-order valence-corrected chi connectivity index (χ0v) is 14.0. The third kappa shape index (κ3) is 4.41. The third-order valence-corrected chi connectivity index (χ3v) is 4.94. The lowest BCUT2D eigenvalue weighted by Crippen LogP contribution is -2.33. The Balaban J connectivity index is 0.00000176. The minimum Gasteiger partial charge on any atom is -0.375 e. The van der Waals surface area contributed by atoms with Crippen molar-refractivity contribution >= 4 is 28.9 Å². The monoisotopic (exact) mass is 341 g/mol. The van der Waals surface area contributed by atoms with Crippen LogP contribution in [0.25, 0.3) is 0 Å². The standard InChI is InChI=1S/C16H20FN3S.ClH/c17-15-4-2-1-3-13(15)9-12-5-7-20(8-6-12)11-14-10-19-16(18)21-14;/h1-4,10,12H,5-9,11H2,(H2,18,19);1H. The predicted octanol–water partition coefficient (Wildman–Crippen LogP) is 3.74. The molecule has 3 nitrogen and oxygen atoms in total. The van der Waals surface area contributed by atoms with Crippen LogP contribution in [0.5, 0.6) is 0 Å². The van der Waals surface area contributed by atoms with Crippen LogP contribution in [0.2, 0.25) is 0 Å². The first kappa shape index (κ1) is 17.2. The van der Waals surface area contributed by atoms with Crippen molar-refractivity contribution in [3.05, 3.63) is 46.7 Å². The molecule has 1 saturated heterocycles. The molecular weight excluding hydrogens is 321 g/mol. The summed E-state index contributed by atoms with van der Waals surface area (Å²) in [5, 5.41) is 0.638. The van der Waals surface area contributed by atoms with Crippen molar-refractivity contribution in [2.45, 2.75) is 25.8 Å². The van der Waals surface area contributed by atoms with Gasteiger partial charge in [-0.25, -0.2) is 9.37 Å². The number of hydrogen-bond acceptors (Lipinski definition) is 4. The summed E-state index contributed by atoms with van der Waals surface area (Å²) < 4.78 is 13.7. The molecule has 0 saturated carbocycles. The molecule has 2 N–H and O–H groups in total. The van der Waals surface area contributed by atoms with E-state index in [0.29, 0.717) is 11.0 Å². The summed E-state index contributed by atoms with van der Waals surface area (Å²) in [6, 6.07) is 7.13. The number of nitrogens with two attached hydrogens (primary N) is 1. The van der Waals surface area contributed by atoms with Crippen molar-refractivity contribution in [1.82, 2.24) is 9.88 Å². The highest BCUT2D eigenvalue weighted by molar-refractivity contribution is 7.15. The second kappa shape index (κ2) is 7.90. The Kier molecular flexibility index (Phi) is 6.17. The Labute approximate surface area is 140 Å². The molecule has 0 amide bonds. The molecule has 120 valence electrons. The fraction of sp³-hybridized carbons (Fsp3) is 0.438. The molecule has 0 radical (unpaired) electrons. The second-order valence-electron chi connectivity index (χ2n) is 5.68. The number of halogens is 2. The Morgan fingerprint density at radius 2 is 2.00 bits per heavy atom. The molecule has 1 aliphatic heterocycles. The largest absolute Gasteiger partial charge is 0.375 e. The number of nitrogens with zero attached hydrogens (tertiary/aromatic N) is 2. The first-order valence-corrected chi connectivity index (χ1v) is 8.18. The van der Waals surface area contributed by atoms with Crippen molar-refractivity contribution < 1.29 is 4.39 Å². The maximum absolute atomic E-state index is 13.7. The first-order valence-electron chi connectivity index (χ1n) is 7.36. The first-order chi connectivity index (χ1) is 10.2. The second-order valence-corrected chi connectivity index (χ2v) is 6.83. The molecule has 1 aliphatic rings. The lowest BCUT2D eigenvalue weighted by Gasteiger charge is -2.31. The van der Waals surface area contributed by atoms with E-state index in [2.05, 4.69) is 9.88 Å². The number of aromatic nitrogens is 1. The molecule has 1 fully saturated rings. The third-order valence-electron chi connectivity index (χ3n) is 4.12. The summed E-state index contributed by atoms with van der Waals surface area (Å²) in [6.07, 6.45) is 4.98. The fourth-order valence-electron chi connectivity index (χ4n) is 2.94. The molecule has 0 unspecified atom stereocenters. The zero-order chi connectivity index (χ0) is 14.7. The highest BCUT2D eigenvalue weighted by Gasteiger charge is 2.20. The summed E-state index contributed by atoms with van der Waals surface area (Å²) in [4.78, 5) is 7.75. The summed E-state index contributed by atoms with van der Waals surface area (Å²) in [5.74, 6) is 0.518. The van der Waals surface area contributed by atoms with E-state index in [1.54, 1.807) is 23.5 Å². The van der Waals surface area contributed by atoms with Gasteiger partial charge in [-0.3, -0.25) is 4.90 Å². The van der Waals surface area contributed by atoms with Gasteiger partial charge >= 0.3 is 0 Å². The highest BCUT2D eigenvalue weighted by Crippen LogP contribution is 2.25. The van der Waals surface area contributed by atoms with Crippen LogP contribution in [0.3, 0.4) is 0 Å². The number of nitrogen functional groups attached to an aromatic ring is 1. The zero-order valence-electron chi connectivity index (χ0n) is 12.4. The van der Waals surface area contributed by atoms with Crippen molar-refractivity contribution in [2.24, 2.45) is 5.92 Å². The predicted molar refractivity (Wildman–Crippen MR) is 91.9 cm³/mol. The number of hydrogen-bond donors (Lipinski definition) is 1. The van der Waals surface area contributed by atoms with E-state index in [1.807, 2.05) is 18.3 Å². The Hall–Kier alpha value is -1.17. The normalized spacial score (nSPS) is 16.4. The van der Waals surface area contributed by atoms with Crippen LogP contribution in [0.4, 0.5) is 9.52 Å². The van der Waals surface area contributed by atoms with E-state index in [4.69, 9.17) is 5.73 Å². The smallest absolute Gasteiger partial charge is 0.180 e. The summed E-state index contributed by atoms with van der Waals surface area (Å²) in [7, 11) is 0. The van der Waals surface area contributed by atoms with Gasteiger partial charge in [-0.2, -0.15) is 0 Å². The van der Waals surface area contributed by atoms with Gasteiger partial charge in [0.2, 0.25) is 0 Å². The molecule has 0 atom stereocenters. The molecule has 2 heterocycles. The van der Waals surface area contributed by atoms with Gasteiger partial charge in [0.05, 0.1) is 0 Å². The van der Waals surface area contributed by atoms with Crippen LogP contribution >= 0.6 is 23.7 Å². The maximum atomic E-state index is 13.7. The summed E-state index contributed by atoms with van der Waals surface area (Å²) in [6.45, 7) is 3.06. The topological polar surface area (TPSA) is 42.1 Å². The van der Waals surface area contributed by atoms with Gasteiger partial charge < -0.3 is 5.73 Å². The number of thiazole rings is 1. The Bertz CT molecular complexity index is 597. The SMILES string of the molecule is Cl.Nc1ncc(CN2CCC(Cc3ccccc3F)CC2)s1. The molecule has 1 aromatic heterocycles. The van der Waals surface area contributed by atoms with E-state index < -0.39 is 0 Å². The Morgan fingerprint density at radius 3 is 2.64 bits per heavy atom. The minimum atomic E-state index is -0.0694. The number of anilines is 1. The molecule has 0 spiro atoms. The van der Waals surface area contributed by atoms with Gasteiger partial charge in [-0.05, 0) is 49.9 Å². The van der Waals surface area contributed by atoms with Crippen LogP contribution in [-0.4, -0.2) is 23.0 Å². The van der Waals surface area contributed by atoms with Crippen LogP contribution in [-0.2, 0) is 13.0 Å². The minimum absolute atomic E-state index is 0. The number of likely N-dealkylation sites (tertiary alicyclic amines) is 1. The average molecular weight is 342 g/mol. The average Bonchev–Trinajstić information content (AvgIpc) is 2.89. The number of rotatable bonds is 4. The highest BCUT2D eigenvalue weighted by atomic mass is 35.5. The number of piperidine rings is 1. The lowest BCUT2D eigenvalue weighted by molar-refractivity contribution is 0.177. The van der Waals surface area contributed by atoms with Crippen molar-refractivity contribution in [3.63, 3.8) is 0 Å². The van der Waals surface area contributed by atoms with Crippen molar-refractivity contribution in [3.8, 4) is 0 Å². The Morgan fingerprint density at radius 1 is 1.27 bits per heavy atom. The quantitative estimate of drug-likeness (QED) is 0.921. The van der Waals surface area contributed by atoms with Crippen molar-refractivity contribution in [1.29, 1.82) is 0 Å². The molecule has 22 heavy (non-hydrogen) atoms. The van der Waals surface area contributed by atoms with Crippen molar-refractivity contribution in [2.75, 3.05) is 18.8 Å². The van der Waals surface area contributed by atoms with E-state index in [9.17, 15) is 4.39 Å². The van der Waals surface area contributed by atoms with Crippen LogP contribution in [0.1, 0.15) is 23.3 Å². The molecule has 2 aromatic rings. The van der Waals surface area contributed by atoms with Gasteiger partial charge in [0.1, 0.15) is 5.82 Å². The summed E-state index contributed by atoms with van der Waals surface area (Å²) >= 11 is 1.56. The van der Waals surface area contributed by atoms with Crippen LogP contribution in [0.15, 0.2) is 30.5 Å². The van der Waals surface area contributed by atoms with Gasteiger partial charge in [-0.1, -0.05) is 18.2 Å². The van der Waals surface area contributed by atoms with Gasteiger partial charge in [-0.15, -0.1) is 23.7 Å². The molecule has 0 bridgehead atoms. The summed E-state index contributed by atoms with van der Waals surface area (Å²) in [5.41, 5.74) is 6.51. The molecule has 0 aliphatic carbocycles. The fourth-order valence-corrected chi connectivity index (χ4v) is 3.67.